The van der Waals surface area contributed by atoms with Crippen LogP contribution in [-0.2, 0) is 10.5 Å². The molecule has 0 aliphatic carbocycles. The number of aryl methyl sites for hydroxylation is 2. The highest BCUT2D eigenvalue weighted by Crippen LogP contribution is 2.40. The van der Waals surface area contributed by atoms with E-state index in [1.165, 1.54) is 11.8 Å². The molecular formula is C32H28ClN5OS. The minimum Gasteiger partial charge on any atom is -0.328 e. The van der Waals surface area contributed by atoms with Gasteiger partial charge in [0.05, 0.1) is 5.57 Å². The van der Waals surface area contributed by atoms with Gasteiger partial charge in [0.15, 0.2) is 0 Å². The standard InChI is InChI=1S/C32H28ClN5OS/c1-19-15-16-27(20(2)17-19)35-30(39)28-21(3)34-31-36-32(40-18-23-10-5-7-14-26(23)33)37-38(31)29(28)25-13-8-11-22-9-4-6-12-24(22)25/h4-17,29H,18H2,1-3H3,(H,35,39)(H,34,36,37). The fourth-order valence-corrected chi connectivity index (χ4v) is 6.28. The van der Waals surface area contributed by atoms with Crippen LogP contribution in [0.2, 0.25) is 5.02 Å². The second-order valence-corrected chi connectivity index (χ2v) is 11.3. The van der Waals surface area contributed by atoms with Gasteiger partial charge < -0.3 is 10.6 Å². The molecule has 200 valence electrons. The van der Waals surface area contributed by atoms with E-state index in [-0.39, 0.29) is 5.91 Å². The second-order valence-electron chi connectivity index (χ2n) is 9.95. The summed E-state index contributed by atoms with van der Waals surface area (Å²) in [4.78, 5) is 18.8. The van der Waals surface area contributed by atoms with Crippen molar-refractivity contribution in [2.45, 2.75) is 37.7 Å². The lowest BCUT2D eigenvalue weighted by Crippen LogP contribution is -2.31. The minimum absolute atomic E-state index is 0.179. The van der Waals surface area contributed by atoms with Crippen molar-refractivity contribution >= 4 is 51.7 Å². The first kappa shape index (κ1) is 26.2. The van der Waals surface area contributed by atoms with Crippen molar-refractivity contribution in [1.29, 1.82) is 0 Å². The molecule has 5 aromatic rings. The summed E-state index contributed by atoms with van der Waals surface area (Å²) in [6.45, 7) is 5.97. The fourth-order valence-electron chi connectivity index (χ4n) is 5.16. The van der Waals surface area contributed by atoms with Gasteiger partial charge in [-0.1, -0.05) is 102 Å². The molecule has 1 amide bonds. The largest absolute Gasteiger partial charge is 0.328 e. The number of aromatic nitrogens is 3. The number of hydrogen-bond acceptors (Lipinski definition) is 5. The van der Waals surface area contributed by atoms with Gasteiger partial charge in [-0.2, -0.15) is 4.98 Å². The topological polar surface area (TPSA) is 71.8 Å². The maximum Gasteiger partial charge on any atom is 0.255 e. The number of fused-ring (bicyclic) bond motifs is 2. The van der Waals surface area contributed by atoms with Gasteiger partial charge in [-0.3, -0.25) is 4.79 Å². The Morgan fingerprint density at radius 2 is 1.77 bits per heavy atom. The number of rotatable bonds is 6. The minimum atomic E-state index is -0.477. The van der Waals surface area contributed by atoms with Gasteiger partial charge >= 0.3 is 0 Å². The summed E-state index contributed by atoms with van der Waals surface area (Å²) in [5, 5.41) is 14.9. The number of carbonyl (C=O) groups excluding carboxylic acids is 1. The number of halogens is 1. The van der Waals surface area contributed by atoms with Crippen LogP contribution < -0.4 is 10.6 Å². The Labute approximate surface area is 242 Å². The number of allylic oxidation sites excluding steroid dienone is 1. The molecule has 1 unspecified atom stereocenters. The van der Waals surface area contributed by atoms with E-state index in [2.05, 4.69) is 41.0 Å². The third kappa shape index (κ3) is 4.98. The smallest absolute Gasteiger partial charge is 0.255 e. The number of anilines is 2. The zero-order chi connectivity index (χ0) is 27.8. The molecule has 4 aromatic carbocycles. The predicted molar refractivity (Wildman–Crippen MR) is 164 cm³/mol. The molecule has 0 saturated carbocycles. The van der Waals surface area contributed by atoms with Gasteiger partial charge in [-0.15, -0.1) is 5.10 Å². The van der Waals surface area contributed by atoms with Crippen molar-refractivity contribution in [3.63, 3.8) is 0 Å². The van der Waals surface area contributed by atoms with Crippen LogP contribution >= 0.6 is 23.4 Å². The lowest BCUT2D eigenvalue weighted by molar-refractivity contribution is -0.113. The molecule has 8 heteroatoms. The van der Waals surface area contributed by atoms with Gasteiger partial charge in [0.25, 0.3) is 5.91 Å². The zero-order valence-corrected chi connectivity index (χ0v) is 24.0. The first-order valence-corrected chi connectivity index (χ1v) is 14.4. The number of carbonyl (C=O) groups is 1. The first-order valence-electron chi connectivity index (χ1n) is 13.1. The molecule has 1 aliphatic heterocycles. The molecule has 0 bridgehead atoms. The van der Waals surface area contributed by atoms with Crippen molar-refractivity contribution in [2.75, 3.05) is 10.6 Å². The van der Waals surface area contributed by atoms with Crippen molar-refractivity contribution < 1.29 is 4.79 Å². The van der Waals surface area contributed by atoms with Crippen LogP contribution in [0.1, 0.15) is 35.2 Å². The molecule has 0 fully saturated rings. The van der Waals surface area contributed by atoms with E-state index in [0.717, 1.165) is 44.4 Å². The number of nitrogens with one attached hydrogen (secondary N) is 2. The molecule has 0 saturated heterocycles. The Balaban J connectivity index is 1.42. The summed E-state index contributed by atoms with van der Waals surface area (Å²) >= 11 is 7.90. The highest BCUT2D eigenvalue weighted by molar-refractivity contribution is 7.98. The zero-order valence-electron chi connectivity index (χ0n) is 22.4. The monoisotopic (exact) mass is 565 g/mol. The van der Waals surface area contributed by atoms with Crippen LogP contribution in [0.4, 0.5) is 11.6 Å². The SMILES string of the molecule is CC1=C(C(=O)Nc2ccc(C)cc2C)C(c2cccc3ccccc23)n2nc(SCc3ccccc3Cl)nc2N1. The van der Waals surface area contributed by atoms with E-state index in [9.17, 15) is 4.79 Å². The maximum atomic E-state index is 14.0. The summed E-state index contributed by atoms with van der Waals surface area (Å²) < 4.78 is 1.83. The van der Waals surface area contributed by atoms with Gasteiger partial charge in [0.2, 0.25) is 11.1 Å². The molecule has 0 spiro atoms. The second kappa shape index (κ2) is 10.8. The number of hydrogen-bond donors (Lipinski definition) is 2. The molecular weight excluding hydrogens is 538 g/mol. The Bertz CT molecular complexity index is 1790. The molecule has 1 aromatic heterocycles. The summed E-state index contributed by atoms with van der Waals surface area (Å²) in [5.74, 6) is 1.05. The molecule has 6 nitrogen and oxygen atoms in total. The quantitative estimate of drug-likeness (QED) is 0.205. The van der Waals surface area contributed by atoms with E-state index < -0.39 is 6.04 Å². The van der Waals surface area contributed by atoms with Crippen LogP contribution in [0.5, 0.6) is 0 Å². The summed E-state index contributed by atoms with van der Waals surface area (Å²) in [6, 6.07) is 27.7. The molecule has 6 rings (SSSR count). The summed E-state index contributed by atoms with van der Waals surface area (Å²) in [5.41, 5.74) is 6.28. The third-order valence-corrected chi connectivity index (χ3v) is 8.40. The number of benzene rings is 4. The number of amides is 1. The molecule has 1 aliphatic rings. The lowest BCUT2D eigenvalue weighted by atomic mass is 9.91. The first-order chi connectivity index (χ1) is 19.4. The normalized spacial score (nSPS) is 14.7. The Morgan fingerprint density at radius 3 is 2.60 bits per heavy atom. The predicted octanol–water partition coefficient (Wildman–Crippen LogP) is 7.92. The van der Waals surface area contributed by atoms with Crippen LogP contribution in [-0.4, -0.2) is 20.7 Å². The molecule has 0 radical (unpaired) electrons. The summed E-state index contributed by atoms with van der Waals surface area (Å²) in [6.07, 6.45) is 0. The average molecular weight is 566 g/mol. The number of thioether (sulfide) groups is 1. The Kier molecular flexibility index (Phi) is 7.09. The fraction of sp³-hybridized carbons (Fsp3) is 0.156. The highest BCUT2D eigenvalue weighted by Gasteiger charge is 2.35. The summed E-state index contributed by atoms with van der Waals surface area (Å²) in [7, 11) is 0. The van der Waals surface area contributed by atoms with Gasteiger partial charge in [-0.05, 0) is 60.4 Å². The van der Waals surface area contributed by atoms with E-state index in [0.29, 0.717) is 27.5 Å². The van der Waals surface area contributed by atoms with Crippen LogP contribution in [0, 0.1) is 13.8 Å². The molecule has 1 atom stereocenters. The van der Waals surface area contributed by atoms with E-state index in [4.69, 9.17) is 21.7 Å². The van der Waals surface area contributed by atoms with Crippen molar-refractivity contribution in [3.05, 3.63) is 123 Å². The van der Waals surface area contributed by atoms with Crippen molar-refractivity contribution in [2.24, 2.45) is 0 Å². The Hall–Kier alpha value is -4.07. The van der Waals surface area contributed by atoms with Crippen LogP contribution in [0.15, 0.2) is 101 Å². The van der Waals surface area contributed by atoms with Crippen LogP contribution in [0.25, 0.3) is 10.8 Å². The highest BCUT2D eigenvalue weighted by atomic mass is 35.5. The van der Waals surface area contributed by atoms with Gasteiger partial charge in [0.1, 0.15) is 6.04 Å². The van der Waals surface area contributed by atoms with Gasteiger partial charge in [-0.25, -0.2) is 4.68 Å². The molecule has 2 N–H and O–H groups in total. The van der Waals surface area contributed by atoms with E-state index in [1.807, 2.05) is 80.1 Å². The van der Waals surface area contributed by atoms with Crippen LogP contribution in [0.3, 0.4) is 0 Å². The van der Waals surface area contributed by atoms with Crippen molar-refractivity contribution in [1.82, 2.24) is 14.8 Å². The maximum absolute atomic E-state index is 14.0. The lowest BCUT2D eigenvalue weighted by Gasteiger charge is -2.29. The van der Waals surface area contributed by atoms with E-state index >= 15 is 0 Å². The molecule has 40 heavy (non-hydrogen) atoms. The number of nitrogens with zero attached hydrogens (tertiary/aromatic N) is 3. The average Bonchev–Trinajstić information content (AvgIpc) is 3.35. The molecule has 2 heterocycles. The van der Waals surface area contributed by atoms with E-state index in [1.54, 1.807) is 0 Å². The third-order valence-electron chi connectivity index (χ3n) is 7.14. The Morgan fingerprint density at radius 1 is 1.00 bits per heavy atom. The van der Waals surface area contributed by atoms with Crippen molar-refractivity contribution in [3.8, 4) is 0 Å². The van der Waals surface area contributed by atoms with Gasteiger partial charge in [0, 0.05) is 22.2 Å².